The first-order valence-electron chi connectivity index (χ1n) is 7.45. The number of halogens is 1. The van der Waals surface area contributed by atoms with Gasteiger partial charge in [-0.25, -0.2) is 4.39 Å². The third-order valence-electron chi connectivity index (χ3n) is 3.54. The van der Waals surface area contributed by atoms with E-state index in [4.69, 9.17) is 0 Å². The van der Waals surface area contributed by atoms with Gasteiger partial charge in [-0.2, -0.15) is 0 Å². The van der Waals surface area contributed by atoms with Gasteiger partial charge in [0.05, 0.1) is 0 Å². The lowest BCUT2D eigenvalue weighted by atomic mass is 10.0. The largest absolute Gasteiger partial charge is 0.313 e. The first kappa shape index (κ1) is 14.9. The normalized spacial score (nSPS) is 16.7. The highest BCUT2D eigenvalue weighted by atomic mass is 32.2. The molecule has 0 amide bonds. The third-order valence-corrected chi connectivity index (χ3v) is 4.85. The number of thioether (sulfide) groups is 1. The lowest BCUT2D eigenvalue weighted by Crippen LogP contribution is -2.14. The summed E-state index contributed by atoms with van der Waals surface area (Å²) in [6.45, 7) is 3.90. The minimum atomic E-state index is -0.103. The van der Waals surface area contributed by atoms with Gasteiger partial charge in [0.25, 0.3) is 0 Å². The van der Waals surface area contributed by atoms with E-state index >= 15 is 0 Å². The second kappa shape index (κ2) is 7.91. The number of rotatable bonds is 6. The van der Waals surface area contributed by atoms with E-state index in [1.165, 1.54) is 32.1 Å². The molecule has 2 rings (SSSR count). The number of hydrogen-bond acceptors (Lipinski definition) is 2. The number of hydrogen-bond donors (Lipinski definition) is 1. The smallest absolute Gasteiger partial charge is 0.124 e. The Kier molecular flexibility index (Phi) is 6.18. The number of nitrogens with one attached hydrogen (secondary N) is 1. The van der Waals surface area contributed by atoms with Gasteiger partial charge in [-0.15, -0.1) is 11.8 Å². The quantitative estimate of drug-likeness (QED) is 0.755. The van der Waals surface area contributed by atoms with Crippen molar-refractivity contribution in [1.82, 2.24) is 5.32 Å². The van der Waals surface area contributed by atoms with Crippen LogP contribution in [-0.4, -0.2) is 11.8 Å². The van der Waals surface area contributed by atoms with Crippen molar-refractivity contribution in [2.45, 2.75) is 62.1 Å². The molecule has 19 heavy (non-hydrogen) atoms. The molecule has 1 aliphatic carbocycles. The highest BCUT2D eigenvalue weighted by Gasteiger charge is 2.15. The summed E-state index contributed by atoms with van der Waals surface area (Å²) in [4.78, 5) is 1.10. The Morgan fingerprint density at radius 3 is 2.74 bits per heavy atom. The van der Waals surface area contributed by atoms with E-state index < -0.39 is 0 Å². The molecule has 1 saturated carbocycles. The maximum absolute atomic E-state index is 13.6. The van der Waals surface area contributed by atoms with Crippen LogP contribution in [0.2, 0.25) is 0 Å². The van der Waals surface area contributed by atoms with Crippen LogP contribution in [0, 0.1) is 5.82 Å². The summed E-state index contributed by atoms with van der Waals surface area (Å²) in [7, 11) is 0. The third kappa shape index (κ3) is 5.15. The predicted octanol–water partition coefficient (Wildman–Crippen LogP) is 4.75. The summed E-state index contributed by atoms with van der Waals surface area (Å²) in [5.41, 5.74) is 1.06. The molecule has 0 aromatic heterocycles. The minimum absolute atomic E-state index is 0.103. The molecule has 3 heteroatoms. The van der Waals surface area contributed by atoms with Crippen LogP contribution in [0.1, 0.15) is 51.0 Å². The highest BCUT2D eigenvalue weighted by molar-refractivity contribution is 8.00. The summed E-state index contributed by atoms with van der Waals surface area (Å²) in [5, 5.41) is 4.02. The lowest BCUT2D eigenvalue weighted by Gasteiger charge is -2.21. The molecule has 0 radical (unpaired) electrons. The van der Waals surface area contributed by atoms with Crippen molar-refractivity contribution < 1.29 is 4.39 Å². The van der Waals surface area contributed by atoms with E-state index in [2.05, 4.69) is 18.3 Å². The molecule has 0 aliphatic heterocycles. The summed E-state index contributed by atoms with van der Waals surface area (Å²) >= 11 is 1.86. The molecule has 1 fully saturated rings. The van der Waals surface area contributed by atoms with Gasteiger partial charge in [0.2, 0.25) is 0 Å². The first-order valence-corrected chi connectivity index (χ1v) is 8.32. The average Bonchev–Trinajstić information content (AvgIpc) is 2.39. The second-order valence-electron chi connectivity index (χ2n) is 5.35. The van der Waals surface area contributed by atoms with Gasteiger partial charge < -0.3 is 5.32 Å². The maximum atomic E-state index is 13.6. The monoisotopic (exact) mass is 281 g/mol. The van der Waals surface area contributed by atoms with Gasteiger partial charge in [-0.05, 0) is 49.6 Å². The van der Waals surface area contributed by atoms with E-state index in [1.807, 2.05) is 11.8 Å². The fourth-order valence-corrected chi connectivity index (χ4v) is 3.93. The maximum Gasteiger partial charge on any atom is 0.124 e. The topological polar surface area (TPSA) is 12.0 Å². The van der Waals surface area contributed by atoms with Gasteiger partial charge in [0.15, 0.2) is 0 Å². The molecule has 106 valence electrons. The van der Waals surface area contributed by atoms with Gasteiger partial charge in [-0.1, -0.05) is 26.2 Å². The molecular formula is C16H24FNS. The zero-order valence-corrected chi connectivity index (χ0v) is 12.6. The Morgan fingerprint density at radius 1 is 1.21 bits per heavy atom. The van der Waals surface area contributed by atoms with Crippen LogP contribution in [0.15, 0.2) is 23.1 Å². The molecule has 0 saturated heterocycles. The van der Waals surface area contributed by atoms with Crippen LogP contribution >= 0.6 is 11.8 Å². The zero-order chi connectivity index (χ0) is 13.5. The fraction of sp³-hybridized carbons (Fsp3) is 0.625. The highest BCUT2D eigenvalue weighted by Crippen LogP contribution is 2.34. The van der Waals surface area contributed by atoms with Gasteiger partial charge in [-0.3, -0.25) is 0 Å². The van der Waals surface area contributed by atoms with Crippen molar-refractivity contribution >= 4 is 11.8 Å². The van der Waals surface area contributed by atoms with E-state index in [0.717, 1.165) is 30.0 Å². The number of benzene rings is 1. The van der Waals surface area contributed by atoms with Crippen molar-refractivity contribution in [3.63, 3.8) is 0 Å². The Balaban J connectivity index is 1.95. The van der Waals surface area contributed by atoms with Crippen molar-refractivity contribution in [2.24, 2.45) is 0 Å². The molecule has 1 nitrogen and oxygen atoms in total. The Bertz CT molecular complexity index is 388. The molecule has 0 spiro atoms. The molecule has 1 aliphatic rings. The minimum Gasteiger partial charge on any atom is -0.313 e. The second-order valence-corrected chi connectivity index (χ2v) is 6.72. The van der Waals surface area contributed by atoms with Crippen molar-refractivity contribution in [2.75, 3.05) is 6.54 Å². The van der Waals surface area contributed by atoms with Crippen molar-refractivity contribution in [3.05, 3.63) is 29.6 Å². The molecule has 0 unspecified atom stereocenters. The Morgan fingerprint density at radius 2 is 2.00 bits per heavy atom. The SMILES string of the molecule is CCCNCc1cc(F)cc(SC2CCCCC2)c1. The van der Waals surface area contributed by atoms with Gasteiger partial charge in [0.1, 0.15) is 5.82 Å². The molecule has 0 atom stereocenters. The van der Waals surface area contributed by atoms with E-state index in [0.29, 0.717) is 5.25 Å². The summed E-state index contributed by atoms with van der Waals surface area (Å²) < 4.78 is 13.6. The van der Waals surface area contributed by atoms with Crippen LogP contribution in [0.5, 0.6) is 0 Å². The standard InChI is InChI=1S/C16H24FNS/c1-2-8-18-12-13-9-14(17)11-16(10-13)19-15-6-4-3-5-7-15/h9-11,15,18H,2-8,12H2,1H3. The van der Waals surface area contributed by atoms with E-state index in [9.17, 15) is 4.39 Å². The lowest BCUT2D eigenvalue weighted by molar-refractivity contribution is 0.516. The zero-order valence-electron chi connectivity index (χ0n) is 11.8. The summed E-state index contributed by atoms with van der Waals surface area (Å²) in [6.07, 6.45) is 7.70. The first-order chi connectivity index (χ1) is 9.28. The van der Waals surface area contributed by atoms with Crippen LogP contribution in [-0.2, 0) is 6.54 Å². The Labute approximate surface area is 120 Å². The van der Waals surface area contributed by atoms with Crippen LogP contribution < -0.4 is 5.32 Å². The van der Waals surface area contributed by atoms with Gasteiger partial charge >= 0.3 is 0 Å². The average molecular weight is 281 g/mol. The van der Waals surface area contributed by atoms with Crippen molar-refractivity contribution in [1.29, 1.82) is 0 Å². The molecule has 1 N–H and O–H groups in total. The van der Waals surface area contributed by atoms with Gasteiger partial charge in [0, 0.05) is 16.7 Å². The molecular weight excluding hydrogens is 257 g/mol. The summed E-state index contributed by atoms with van der Waals surface area (Å²) in [6, 6.07) is 5.47. The molecule has 1 aromatic carbocycles. The van der Waals surface area contributed by atoms with Crippen LogP contribution in [0.25, 0.3) is 0 Å². The fourth-order valence-electron chi connectivity index (χ4n) is 2.58. The van der Waals surface area contributed by atoms with Crippen molar-refractivity contribution in [3.8, 4) is 0 Å². The van der Waals surface area contributed by atoms with Crippen LogP contribution in [0.4, 0.5) is 4.39 Å². The predicted molar refractivity (Wildman–Crippen MR) is 81.1 cm³/mol. The van der Waals surface area contributed by atoms with E-state index in [-0.39, 0.29) is 5.82 Å². The molecule has 0 heterocycles. The Hall–Kier alpha value is -0.540. The van der Waals surface area contributed by atoms with E-state index in [1.54, 1.807) is 12.1 Å². The summed E-state index contributed by atoms with van der Waals surface area (Å²) in [5.74, 6) is -0.103. The molecule has 1 aromatic rings. The molecule has 0 bridgehead atoms. The van der Waals surface area contributed by atoms with Crippen LogP contribution in [0.3, 0.4) is 0 Å².